The van der Waals surface area contributed by atoms with Gasteiger partial charge in [0.1, 0.15) is 17.4 Å². The van der Waals surface area contributed by atoms with Crippen LogP contribution in [0.15, 0.2) is 34.7 Å². The largest absolute Gasteiger partial charge is 0.458 e. The number of likely N-dealkylation sites (tertiary alicyclic amines) is 1. The molecule has 1 saturated heterocycles. The van der Waals surface area contributed by atoms with E-state index in [1.54, 1.807) is 4.90 Å². The van der Waals surface area contributed by atoms with Crippen LogP contribution in [0.2, 0.25) is 0 Å². The number of amides is 1. The number of benzene rings is 1. The lowest BCUT2D eigenvalue weighted by molar-refractivity contribution is -0.132. The van der Waals surface area contributed by atoms with Crippen molar-refractivity contribution in [3.8, 4) is 0 Å². The molecule has 1 amide bonds. The Morgan fingerprint density at radius 2 is 2.19 bits per heavy atom. The molecule has 3 rings (SSSR count). The van der Waals surface area contributed by atoms with E-state index < -0.39 is 6.10 Å². The Balaban J connectivity index is 1.72. The number of carbonyl (C=O) groups excluding carboxylic acids is 1. The summed E-state index contributed by atoms with van der Waals surface area (Å²) in [6.45, 7) is 3.20. The Bertz CT molecular complexity index is 601. The SMILES string of the molecule is CC1CCC(=O)N(CC(O)c2cc3ccccc3o2)CC1. The Labute approximate surface area is 124 Å². The number of hydrogen-bond acceptors (Lipinski definition) is 3. The average Bonchev–Trinajstić information content (AvgIpc) is 2.86. The molecular formula is C17H21NO3. The number of aliphatic hydroxyl groups excluding tert-OH is 1. The summed E-state index contributed by atoms with van der Waals surface area (Å²) < 4.78 is 5.67. The summed E-state index contributed by atoms with van der Waals surface area (Å²) in [4.78, 5) is 13.8. The van der Waals surface area contributed by atoms with Crippen LogP contribution >= 0.6 is 0 Å². The fraction of sp³-hybridized carbons (Fsp3) is 0.471. The van der Waals surface area contributed by atoms with Crippen LogP contribution in [0.1, 0.15) is 38.1 Å². The van der Waals surface area contributed by atoms with Crippen LogP contribution < -0.4 is 0 Å². The van der Waals surface area contributed by atoms with Gasteiger partial charge in [-0.05, 0) is 30.9 Å². The number of nitrogens with zero attached hydrogens (tertiary/aromatic N) is 1. The van der Waals surface area contributed by atoms with E-state index in [9.17, 15) is 9.90 Å². The van der Waals surface area contributed by atoms with Crippen molar-refractivity contribution in [2.75, 3.05) is 13.1 Å². The maximum atomic E-state index is 12.1. The first-order valence-corrected chi connectivity index (χ1v) is 7.58. The topological polar surface area (TPSA) is 53.7 Å². The molecule has 21 heavy (non-hydrogen) atoms. The summed E-state index contributed by atoms with van der Waals surface area (Å²) in [5, 5.41) is 11.3. The van der Waals surface area contributed by atoms with Gasteiger partial charge in [-0.2, -0.15) is 0 Å². The van der Waals surface area contributed by atoms with Gasteiger partial charge in [-0.25, -0.2) is 0 Å². The molecule has 0 aliphatic carbocycles. The Hall–Kier alpha value is -1.81. The Morgan fingerprint density at radius 3 is 3.00 bits per heavy atom. The van der Waals surface area contributed by atoms with Gasteiger partial charge in [-0.15, -0.1) is 0 Å². The van der Waals surface area contributed by atoms with E-state index in [2.05, 4.69) is 6.92 Å². The molecule has 0 spiro atoms. The Morgan fingerprint density at radius 1 is 1.38 bits per heavy atom. The number of carbonyl (C=O) groups is 1. The van der Waals surface area contributed by atoms with E-state index in [0.29, 0.717) is 24.6 Å². The van der Waals surface area contributed by atoms with Gasteiger partial charge >= 0.3 is 0 Å². The maximum Gasteiger partial charge on any atom is 0.222 e. The molecule has 1 aliphatic rings. The number of para-hydroxylation sites is 1. The van der Waals surface area contributed by atoms with Crippen molar-refractivity contribution in [2.45, 2.75) is 32.3 Å². The normalized spacial score (nSPS) is 21.5. The summed E-state index contributed by atoms with van der Waals surface area (Å²) in [5.41, 5.74) is 0.766. The molecule has 1 N–H and O–H groups in total. The molecule has 4 nitrogen and oxygen atoms in total. The standard InChI is InChI=1S/C17H21NO3/c1-12-6-7-17(20)18(9-8-12)11-14(19)16-10-13-4-2-3-5-15(13)21-16/h2-5,10,12,14,19H,6-9,11H2,1H3. The van der Waals surface area contributed by atoms with Gasteiger partial charge in [0.15, 0.2) is 0 Å². The van der Waals surface area contributed by atoms with Gasteiger partial charge < -0.3 is 14.4 Å². The van der Waals surface area contributed by atoms with Crippen molar-refractivity contribution < 1.29 is 14.3 Å². The first-order valence-electron chi connectivity index (χ1n) is 7.58. The number of rotatable bonds is 3. The quantitative estimate of drug-likeness (QED) is 0.943. The molecule has 2 atom stereocenters. The molecule has 0 saturated carbocycles. The van der Waals surface area contributed by atoms with Crippen LogP contribution in [0.5, 0.6) is 0 Å². The van der Waals surface area contributed by atoms with Gasteiger partial charge in [-0.3, -0.25) is 4.79 Å². The van der Waals surface area contributed by atoms with E-state index in [1.807, 2.05) is 30.3 Å². The van der Waals surface area contributed by atoms with Crippen LogP contribution in [0, 0.1) is 5.92 Å². The zero-order valence-electron chi connectivity index (χ0n) is 12.3. The zero-order chi connectivity index (χ0) is 14.8. The molecule has 0 bridgehead atoms. The second-order valence-electron chi connectivity index (χ2n) is 5.97. The summed E-state index contributed by atoms with van der Waals surface area (Å²) >= 11 is 0. The highest BCUT2D eigenvalue weighted by Crippen LogP contribution is 2.25. The summed E-state index contributed by atoms with van der Waals surface area (Å²) in [6, 6.07) is 9.53. The highest BCUT2D eigenvalue weighted by atomic mass is 16.4. The number of hydrogen-bond donors (Lipinski definition) is 1. The molecular weight excluding hydrogens is 266 g/mol. The molecule has 1 aromatic carbocycles. The van der Waals surface area contributed by atoms with Crippen LogP contribution in [0.3, 0.4) is 0 Å². The molecule has 4 heteroatoms. The van der Waals surface area contributed by atoms with E-state index in [-0.39, 0.29) is 5.91 Å². The minimum Gasteiger partial charge on any atom is -0.458 e. The minimum absolute atomic E-state index is 0.134. The fourth-order valence-corrected chi connectivity index (χ4v) is 2.83. The van der Waals surface area contributed by atoms with Crippen molar-refractivity contribution in [1.29, 1.82) is 0 Å². The molecule has 0 radical (unpaired) electrons. The second kappa shape index (κ2) is 5.90. The average molecular weight is 287 g/mol. The number of furan rings is 1. The third-order valence-corrected chi connectivity index (χ3v) is 4.26. The maximum absolute atomic E-state index is 12.1. The minimum atomic E-state index is -0.769. The van der Waals surface area contributed by atoms with E-state index in [1.165, 1.54) is 0 Å². The molecule has 2 heterocycles. The molecule has 2 aromatic rings. The van der Waals surface area contributed by atoms with Crippen molar-refractivity contribution in [3.05, 3.63) is 36.1 Å². The summed E-state index contributed by atoms with van der Waals surface area (Å²) in [6.07, 6.45) is 1.75. The van der Waals surface area contributed by atoms with Crippen LogP contribution in [0.25, 0.3) is 11.0 Å². The molecule has 2 unspecified atom stereocenters. The van der Waals surface area contributed by atoms with E-state index >= 15 is 0 Å². The number of β-amino-alcohol motifs (C(OH)–C–C–N with tert-alkyl or cyclic N) is 1. The Kier molecular flexibility index (Phi) is 3.97. The van der Waals surface area contributed by atoms with Gasteiger partial charge in [0, 0.05) is 18.4 Å². The second-order valence-corrected chi connectivity index (χ2v) is 5.97. The van der Waals surface area contributed by atoms with Crippen LogP contribution in [-0.2, 0) is 4.79 Å². The highest BCUT2D eigenvalue weighted by Gasteiger charge is 2.24. The third-order valence-electron chi connectivity index (χ3n) is 4.26. The third kappa shape index (κ3) is 3.10. The first kappa shape index (κ1) is 14.1. The predicted octanol–water partition coefficient (Wildman–Crippen LogP) is 3.11. The highest BCUT2D eigenvalue weighted by molar-refractivity contribution is 5.78. The number of aliphatic hydroxyl groups is 1. The fourth-order valence-electron chi connectivity index (χ4n) is 2.83. The van der Waals surface area contributed by atoms with Gasteiger partial charge in [0.2, 0.25) is 5.91 Å². The zero-order valence-corrected chi connectivity index (χ0v) is 12.3. The van der Waals surface area contributed by atoms with Crippen molar-refractivity contribution in [1.82, 2.24) is 4.90 Å². The van der Waals surface area contributed by atoms with Gasteiger partial charge in [0.05, 0.1) is 6.54 Å². The summed E-state index contributed by atoms with van der Waals surface area (Å²) in [7, 11) is 0. The van der Waals surface area contributed by atoms with Gasteiger partial charge in [0.25, 0.3) is 0 Å². The monoisotopic (exact) mass is 287 g/mol. The van der Waals surface area contributed by atoms with Crippen molar-refractivity contribution in [2.24, 2.45) is 5.92 Å². The van der Waals surface area contributed by atoms with E-state index in [0.717, 1.165) is 30.4 Å². The lowest BCUT2D eigenvalue weighted by atomic mass is 10.0. The first-order chi connectivity index (χ1) is 10.1. The van der Waals surface area contributed by atoms with Crippen molar-refractivity contribution >= 4 is 16.9 Å². The van der Waals surface area contributed by atoms with Crippen LogP contribution in [-0.4, -0.2) is 29.0 Å². The molecule has 1 aliphatic heterocycles. The lowest BCUT2D eigenvalue weighted by Gasteiger charge is -2.22. The van der Waals surface area contributed by atoms with Gasteiger partial charge in [-0.1, -0.05) is 25.1 Å². The predicted molar refractivity (Wildman–Crippen MR) is 80.8 cm³/mol. The molecule has 112 valence electrons. The molecule has 1 aromatic heterocycles. The smallest absolute Gasteiger partial charge is 0.222 e. The summed E-state index contributed by atoms with van der Waals surface area (Å²) in [5.74, 6) is 1.23. The van der Waals surface area contributed by atoms with Crippen molar-refractivity contribution in [3.63, 3.8) is 0 Å². The van der Waals surface area contributed by atoms with Crippen LogP contribution in [0.4, 0.5) is 0 Å². The lowest BCUT2D eigenvalue weighted by Crippen LogP contribution is -2.34. The number of fused-ring (bicyclic) bond motifs is 1. The molecule has 1 fully saturated rings. The van der Waals surface area contributed by atoms with E-state index in [4.69, 9.17) is 4.42 Å².